The molecule has 1 aromatic carbocycles. The van der Waals surface area contributed by atoms with E-state index >= 15 is 0 Å². The van der Waals surface area contributed by atoms with Crippen molar-refractivity contribution in [3.63, 3.8) is 0 Å². The van der Waals surface area contributed by atoms with E-state index in [9.17, 15) is 13.2 Å². The van der Waals surface area contributed by atoms with Gasteiger partial charge in [-0.2, -0.15) is 13.2 Å². The molecule has 0 amide bonds. The molecule has 0 saturated heterocycles. The lowest BCUT2D eigenvalue weighted by atomic mass is 10.1. The molecule has 3 nitrogen and oxygen atoms in total. The van der Waals surface area contributed by atoms with Crippen molar-refractivity contribution < 1.29 is 17.9 Å². The Hall–Kier alpha value is -1.98. The summed E-state index contributed by atoms with van der Waals surface area (Å²) >= 11 is 0. The van der Waals surface area contributed by atoms with E-state index in [4.69, 9.17) is 4.74 Å². The molecule has 1 heterocycles. The first-order valence-corrected chi connectivity index (χ1v) is 5.73. The number of ether oxygens (including phenoxy) is 1. The summed E-state index contributed by atoms with van der Waals surface area (Å²) in [5.74, 6) is 1.09. The molecular formula is C13H13F3N2O. The second-order valence-electron chi connectivity index (χ2n) is 4.09. The van der Waals surface area contributed by atoms with Gasteiger partial charge in [0.25, 0.3) is 0 Å². The number of alkyl halides is 3. The van der Waals surface area contributed by atoms with E-state index in [1.165, 1.54) is 0 Å². The SMILES string of the molecule is COc1ccc(CCc2ncc(C(F)(F)F)[nH]2)cc1. The number of nitrogens with one attached hydrogen (secondary N) is 1. The number of nitrogens with zero attached hydrogens (tertiary/aromatic N) is 1. The van der Waals surface area contributed by atoms with Crippen molar-refractivity contribution in [2.24, 2.45) is 0 Å². The predicted molar refractivity (Wildman–Crippen MR) is 64.0 cm³/mol. The molecule has 0 radical (unpaired) electrons. The Labute approximate surface area is 108 Å². The Morgan fingerprint density at radius 2 is 1.84 bits per heavy atom. The fraction of sp³-hybridized carbons (Fsp3) is 0.308. The minimum absolute atomic E-state index is 0.336. The molecule has 2 rings (SSSR count). The van der Waals surface area contributed by atoms with Gasteiger partial charge in [0.15, 0.2) is 0 Å². The molecule has 0 aliphatic rings. The van der Waals surface area contributed by atoms with Crippen molar-refractivity contribution in [1.29, 1.82) is 0 Å². The summed E-state index contributed by atoms with van der Waals surface area (Å²) in [5.41, 5.74) is 0.211. The molecule has 0 unspecified atom stereocenters. The second-order valence-corrected chi connectivity index (χ2v) is 4.09. The minimum atomic E-state index is -4.37. The number of aromatic nitrogens is 2. The van der Waals surface area contributed by atoms with Crippen LogP contribution in [-0.2, 0) is 19.0 Å². The molecule has 0 atom stereocenters. The Balaban J connectivity index is 1.96. The highest BCUT2D eigenvalue weighted by Crippen LogP contribution is 2.27. The average Bonchev–Trinajstić information content (AvgIpc) is 2.86. The van der Waals surface area contributed by atoms with Gasteiger partial charge in [-0.15, -0.1) is 0 Å². The van der Waals surface area contributed by atoms with Crippen molar-refractivity contribution in [2.75, 3.05) is 7.11 Å². The first-order chi connectivity index (χ1) is 8.99. The lowest BCUT2D eigenvalue weighted by molar-refractivity contribution is -0.140. The van der Waals surface area contributed by atoms with Crippen molar-refractivity contribution >= 4 is 0 Å². The maximum atomic E-state index is 12.4. The third-order valence-electron chi connectivity index (χ3n) is 2.74. The number of hydrogen-bond acceptors (Lipinski definition) is 2. The molecule has 0 spiro atoms. The van der Waals surface area contributed by atoms with Gasteiger partial charge in [0.2, 0.25) is 0 Å². The number of aromatic amines is 1. The number of methoxy groups -OCH3 is 1. The molecule has 102 valence electrons. The highest BCUT2D eigenvalue weighted by atomic mass is 19.4. The number of imidazole rings is 1. The third kappa shape index (κ3) is 3.49. The molecule has 0 aliphatic carbocycles. The number of aryl methyl sites for hydroxylation is 2. The quantitative estimate of drug-likeness (QED) is 0.926. The Morgan fingerprint density at radius 3 is 2.37 bits per heavy atom. The number of rotatable bonds is 4. The monoisotopic (exact) mass is 270 g/mol. The zero-order valence-corrected chi connectivity index (χ0v) is 10.3. The molecule has 2 aromatic rings. The Morgan fingerprint density at radius 1 is 1.16 bits per heavy atom. The van der Waals surface area contributed by atoms with Gasteiger partial charge in [-0.25, -0.2) is 4.98 Å². The molecular weight excluding hydrogens is 257 g/mol. The second kappa shape index (κ2) is 5.34. The van der Waals surface area contributed by atoms with Crippen LogP contribution in [0.25, 0.3) is 0 Å². The van der Waals surface area contributed by atoms with Crippen LogP contribution >= 0.6 is 0 Å². The van der Waals surface area contributed by atoms with Crippen LogP contribution in [0, 0.1) is 0 Å². The Bertz CT molecular complexity index is 532. The fourth-order valence-corrected chi connectivity index (χ4v) is 1.69. The Kier molecular flexibility index (Phi) is 3.78. The van der Waals surface area contributed by atoms with Crippen LogP contribution in [0.4, 0.5) is 13.2 Å². The van der Waals surface area contributed by atoms with Gasteiger partial charge >= 0.3 is 6.18 Å². The molecule has 1 N–H and O–H groups in total. The maximum Gasteiger partial charge on any atom is 0.432 e. The number of halogens is 3. The lowest BCUT2D eigenvalue weighted by Gasteiger charge is -2.03. The summed E-state index contributed by atoms with van der Waals surface area (Å²) in [6.45, 7) is 0. The smallest absolute Gasteiger partial charge is 0.432 e. The number of hydrogen-bond donors (Lipinski definition) is 1. The summed E-state index contributed by atoms with van der Waals surface area (Å²) in [7, 11) is 1.58. The highest BCUT2D eigenvalue weighted by molar-refractivity contribution is 5.27. The van der Waals surface area contributed by atoms with Gasteiger partial charge in [-0.1, -0.05) is 12.1 Å². The molecule has 0 bridgehead atoms. The van der Waals surface area contributed by atoms with Gasteiger partial charge in [-0.3, -0.25) is 0 Å². The van der Waals surface area contributed by atoms with Crippen LogP contribution in [0.15, 0.2) is 30.5 Å². The summed E-state index contributed by atoms with van der Waals surface area (Å²) in [5, 5.41) is 0. The maximum absolute atomic E-state index is 12.4. The summed E-state index contributed by atoms with van der Waals surface area (Å²) < 4.78 is 42.1. The highest BCUT2D eigenvalue weighted by Gasteiger charge is 2.32. The normalized spacial score (nSPS) is 11.6. The summed E-state index contributed by atoms with van der Waals surface area (Å²) in [4.78, 5) is 6.02. The standard InChI is InChI=1S/C13H13F3N2O/c1-19-10-5-2-9(3-6-10)4-7-12-17-8-11(18-12)13(14,15)16/h2-3,5-6,8H,4,7H2,1H3,(H,17,18). The van der Waals surface area contributed by atoms with E-state index in [1.807, 2.05) is 24.3 Å². The number of benzene rings is 1. The van der Waals surface area contributed by atoms with Crippen LogP contribution in [0.3, 0.4) is 0 Å². The number of H-pyrrole nitrogens is 1. The fourth-order valence-electron chi connectivity index (χ4n) is 1.69. The van der Waals surface area contributed by atoms with E-state index in [2.05, 4.69) is 9.97 Å². The van der Waals surface area contributed by atoms with Crippen LogP contribution < -0.4 is 4.74 Å². The van der Waals surface area contributed by atoms with Gasteiger partial charge in [-0.05, 0) is 24.1 Å². The van der Waals surface area contributed by atoms with Gasteiger partial charge in [0.1, 0.15) is 17.3 Å². The zero-order valence-electron chi connectivity index (χ0n) is 10.3. The van der Waals surface area contributed by atoms with E-state index in [0.717, 1.165) is 17.5 Å². The zero-order chi connectivity index (χ0) is 13.9. The van der Waals surface area contributed by atoms with Crippen LogP contribution in [0.1, 0.15) is 17.1 Å². The van der Waals surface area contributed by atoms with Crippen LogP contribution in [0.2, 0.25) is 0 Å². The summed E-state index contributed by atoms with van der Waals surface area (Å²) in [6.07, 6.45) is -2.49. The summed E-state index contributed by atoms with van der Waals surface area (Å²) in [6, 6.07) is 7.40. The topological polar surface area (TPSA) is 37.9 Å². The molecule has 1 aromatic heterocycles. The van der Waals surface area contributed by atoms with Gasteiger partial charge in [0.05, 0.1) is 13.3 Å². The predicted octanol–water partition coefficient (Wildman–Crippen LogP) is 3.22. The van der Waals surface area contributed by atoms with E-state index in [0.29, 0.717) is 18.7 Å². The minimum Gasteiger partial charge on any atom is -0.497 e. The lowest BCUT2D eigenvalue weighted by Crippen LogP contribution is -2.05. The van der Waals surface area contributed by atoms with E-state index in [-0.39, 0.29) is 0 Å². The third-order valence-corrected chi connectivity index (χ3v) is 2.74. The van der Waals surface area contributed by atoms with Crippen molar-refractivity contribution in [3.8, 4) is 5.75 Å². The first-order valence-electron chi connectivity index (χ1n) is 5.73. The van der Waals surface area contributed by atoms with Crippen LogP contribution in [0.5, 0.6) is 5.75 Å². The van der Waals surface area contributed by atoms with Crippen LogP contribution in [-0.4, -0.2) is 17.1 Å². The first kappa shape index (κ1) is 13.5. The van der Waals surface area contributed by atoms with Crippen molar-refractivity contribution in [1.82, 2.24) is 9.97 Å². The van der Waals surface area contributed by atoms with Gasteiger partial charge < -0.3 is 9.72 Å². The van der Waals surface area contributed by atoms with E-state index in [1.54, 1.807) is 7.11 Å². The molecule has 0 saturated carbocycles. The molecule has 0 aliphatic heterocycles. The van der Waals surface area contributed by atoms with Crippen molar-refractivity contribution in [3.05, 3.63) is 47.5 Å². The largest absolute Gasteiger partial charge is 0.497 e. The molecule has 19 heavy (non-hydrogen) atoms. The van der Waals surface area contributed by atoms with Gasteiger partial charge in [0, 0.05) is 6.42 Å². The van der Waals surface area contributed by atoms with Crippen molar-refractivity contribution in [2.45, 2.75) is 19.0 Å². The van der Waals surface area contributed by atoms with E-state index < -0.39 is 11.9 Å². The molecule has 0 fully saturated rings. The average molecular weight is 270 g/mol. The molecule has 6 heteroatoms.